The highest BCUT2D eigenvalue weighted by Crippen LogP contribution is 2.47. The first-order valence-corrected chi connectivity index (χ1v) is 19.2. The Morgan fingerprint density at radius 3 is 2.69 bits per heavy atom. The Morgan fingerprint density at radius 2 is 1.92 bits per heavy atom. The Morgan fingerprint density at radius 1 is 1.12 bits per heavy atom. The van der Waals surface area contributed by atoms with E-state index >= 15 is 0 Å². The van der Waals surface area contributed by atoms with Gasteiger partial charge in [0.05, 0.1) is 21.5 Å². The summed E-state index contributed by atoms with van der Waals surface area (Å²) in [4.78, 5) is 48.4. The highest BCUT2D eigenvalue weighted by molar-refractivity contribution is 7.91. The molecule has 3 N–H and O–H groups in total. The van der Waals surface area contributed by atoms with Gasteiger partial charge in [-0.3, -0.25) is 19.1 Å². The number of carbonyl (C=O) groups excluding carboxylic acids is 3. The summed E-state index contributed by atoms with van der Waals surface area (Å²) < 4.78 is 48.1. The standard InChI is InChI=1S/C35H40FN5O6S2/c1-34(16-17-34)49(45,46)40-32(44)35-20-22(35)10-6-3-2-4-9-13-27(37-24-11-7-5-8-12-24)31(43)41-21-25(19-28(41)30(42)39-35)47-33-38-26-15-14-23(36)18-29(26)48-33/h5-8,10-12,14-15,18,22,25,27-28,37H,2-4,9,13,16-17,19-21H2,1H3,(H,39,42)(H,40,44)/t22-,25-,27+,28+,35-/m1/s1. The molecule has 0 spiro atoms. The summed E-state index contributed by atoms with van der Waals surface area (Å²) in [5.74, 6) is -2.37. The Balaban J connectivity index is 1.18. The molecule has 3 aromatic rings. The van der Waals surface area contributed by atoms with Crippen LogP contribution in [-0.4, -0.2) is 71.0 Å². The van der Waals surface area contributed by atoms with E-state index in [9.17, 15) is 27.2 Å². The number of nitrogens with one attached hydrogen (secondary N) is 3. The van der Waals surface area contributed by atoms with Gasteiger partial charge in [-0.25, -0.2) is 17.8 Å². The molecule has 3 fully saturated rings. The molecule has 2 aliphatic heterocycles. The molecule has 260 valence electrons. The van der Waals surface area contributed by atoms with Gasteiger partial charge in [-0.2, -0.15) is 0 Å². The quantitative estimate of drug-likeness (QED) is 0.301. The number of anilines is 1. The van der Waals surface area contributed by atoms with Crippen molar-refractivity contribution in [2.45, 2.75) is 93.2 Å². The van der Waals surface area contributed by atoms with Crippen molar-refractivity contribution >= 4 is 55.0 Å². The maximum Gasteiger partial charge on any atom is 0.274 e. The zero-order valence-electron chi connectivity index (χ0n) is 27.2. The molecular formula is C35H40FN5O6S2. The lowest BCUT2D eigenvalue weighted by molar-refractivity contribution is -0.140. The number of halogens is 1. The minimum Gasteiger partial charge on any atom is -0.465 e. The molecule has 7 rings (SSSR count). The fourth-order valence-electron chi connectivity index (χ4n) is 6.75. The average Bonchev–Trinajstić information content (AvgIpc) is 3.88. The number of rotatable bonds is 7. The van der Waals surface area contributed by atoms with E-state index in [0.717, 1.165) is 31.4 Å². The van der Waals surface area contributed by atoms with Crippen molar-refractivity contribution in [3.05, 3.63) is 66.5 Å². The van der Waals surface area contributed by atoms with Crippen LogP contribution in [0, 0.1) is 11.7 Å². The maximum atomic E-state index is 14.4. The summed E-state index contributed by atoms with van der Waals surface area (Å²) in [6.07, 6.45) is 8.39. The van der Waals surface area contributed by atoms with Crippen LogP contribution in [0.4, 0.5) is 10.1 Å². The normalized spacial score (nSPS) is 28.4. The van der Waals surface area contributed by atoms with Crippen LogP contribution in [-0.2, 0) is 24.4 Å². The first-order chi connectivity index (χ1) is 23.5. The number of amides is 3. The van der Waals surface area contributed by atoms with Gasteiger partial charge in [0.15, 0.2) is 0 Å². The lowest BCUT2D eigenvalue weighted by atomic mass is 10.0. The summed E-state index contributed by atoms with van der Waals surface area (Å²) in [5.41, 5.74) is -0.108. The molecular weight excluding hydrogens is 670 g/mol. The molecule has 2 saturated carbocycles. The third kappa shape index (κ3) is 6.89. The predicted octanol–water partition coefficient (Wildman–Crippen LogP) is 4.66. The molecule has 5 atom stereocenters. The number of para-hydroxylation sites is 1. The molecule has 3 heterocycles. The highest BCUT2D eigenvalue weighted by atomic mass is 32.2. The number of sulfonamides is 1. The minimum absolute atomic E-state index is 0.0867. The van der Waals surface area contributed by atoms with Crippen LogP contribution in [0.1, 0.15) is 64.7 Å². The molecule has 0 radical (unpaired) electrons. The van der Waals surface area contributed by atoms with Crippen molar-refractivity contribution in [3.8, 4) is 5.19 Å². The number of aromatic nitrogens is 1. The Hall–Kier alpha value is -4.04. The fourth-order valence-corrected chi connectivity index (χ4v) is 8.97. The Labute approximate surface area is 288 Å². The summed E-state index contributed by atoms with van der Waals surface area (Å²) in [5, 5.41) is 6.57. The number of benzene rings is 2. The molecule has 1 saturated heterocycles. The monoisotopic (exact) mass is 709 g/mol. The van der Waals surface area contributed by atoms with Crippen LogP contribution in [0.5, 0.6) is 5.19 Å². The van der Waals surface area contributed by atoms with E-state index in [0.29, 0.717) is 34.7 Å². The number of carbonyl (C=O) groups is 3. The largest absolute Gasteiger partial charge is 0.465 e. The van der Waals surface area contributed by atoms with E-state index in [2.05, 4.69) is 20.3 Å². The Bertz CT molecular complexity index is 1900. The van der Waals surface area contributed by atoms with Crippen molar-refractivity contribution in [2.24, 2.45) is 5.92 Å². The third-order valence-corrected chi connectivity index (χ3v) is 13.3. The van der Waals surface area contributed by atoms with Gasteiger partial charge in [0.25, 0.3) is 11.1 Å². The first-order valence-electron chi connectivity index (χ1n) is 16.9. The van der Waals surface area contributed by atoms with Gasteiger partial charge in [0.2, 0.25) is 21.8 Å². The van der Waals surface area contributed by atoms with Crippen LogP contribution < -0.4 is 20.1 Å². The van der Waals surface area contributed by atoms with Gasteiger partial charge in [0, 0.05) is 18.0 Å². The van der Waals surface area contributed by atoms with Gasteiger partial charge in [-0.05, 0) is 75.8 Å². The van der Waals surface area contributed by atoms with Crippen LogP contribution in [0.3, 0.4) is 0 Å². The van der Waals surface area contributed by atoms with E-state index in [4.69, 9.17) is 4.74 Å². The molecule has 3 amide bonds. The summed E-state index contributed by atoms with van der Waals surface area (Å²) in [7, 11) is -3.95. The highest BCUT2D eigenvalue weighted by Gasteiger charge is 2.63. The number of hydrogen-bond donors (Lipinski definition) is 3. The van der Waals surface area contributed by atoms with E-state index in [1.165, 1.54) is 28.4 Å². The van der Waals surface area contributed by atoms with Gasteiger partial charge in [0.1, 0.15) is 29.5 Å². The van der Waals surface area contributed by atoms with Crippen molar-refractivity contribution in [2.75, 3.05) is 11.9 Å². The van der Waals surface area contributed by atoms with E-state index < -0.39 is 56.2 Å². The van der Waals surface area contributed by atoms with E-state index in [1.807, 2.05) is 42.5 Å². The number of thiazole rings is 1. The molecule has 11 nitrogen and oxygen atoms in total. The van der Waals surface area contributed by atoms with Crippen molar-refractivity contribution < 1.29 is 31.9 Å². The van der Waals surface area contributed by atoms with Gasteiger partial charge < -0.3 is 20.3 Å². The maximum absolute atomic E-state index is 14.4. The molecule has 4 aliphatic rings. The SMILES string of the molecule is CC1(S(=O)(=O)NC(=O)[C@@]23C[C@H]2C=CCCCCC[C@H](Nc2ccccc2)C(=O)N2C[C@H](Oc4nc5ccc(F)cc5s4)C[C@H]2C(=O)N3)CC1. The van der Waals surface area contributed by atoms with Crippen molar-refractivity contribution in [3.63, 3.8) is 0 Å². The van der Waals surface area contributed by atoms with Crippen LogP contribution in [0.25, 0.3) is 10.2 Å². The number of hydrogen-bond acceptors (Lipinski definition) is 9. The van der Waals surface area contributed by atoms with Gasteiger partial charge in [-0.1, -0.05) is 54.5 Å². The van der Waals surface area contributed by atoms with E-state index in [-0.39, 0.29) is 31.1 Å². The summed E-state index contributed by atoms with van der Waals surface area (Å²) in [6, 6.07) is 12.1. The zero-order valence-corrected chi connectivity index (χ0v) is 28.8. The molecule has 2 aliphatic carbocycles. The summed E-state index contributed by atoms with van der Waals surface area (Å²) >= 11 is 1.18. The number of fused-ring (bicyclic) bond motifs is 3. The molecule has 1 aromatic heterocycles. The van der Waals surface area contributed by atoms with Gasteiger partial charge in [-0.15, -0.1) is 0 Å². The zero-order chi connectivity index (χ0) is 34.4. The molecule has 49 heavy (non-hydrogen) atoms. The van der Waals surface area contributed by atoms with E-state index in [1.54, 1.807) is 13.0 Å². The average molecular weight is 710 g/mol. The van der Waals surface area contributed by atoms with Crippen LogP contribution in [0.2, 0.25) is 0 Å². The first kappa shape index (κ1) is 33.5. The van der Waals surface area contributed by atoms with Crippen molar-refractivity contribution in [1.29, 1.82) is 0 Å². The minimum atomic E-state index is -3.95. The number of ether oxygens (including phenoxy) is 1. The topological polar surface area (TPSA) is 147 Å². The number of allylic oxidation sites excluding steroid dienone is 1. The second-order valence-corrected chi connectivity index (χ2v) is 17.0. The fraction of sp³-hybridized carbons (Fsp3) is 0.486. The number of nitrogens with zero attached hydrogens (tertiary/aromatic N) is 2. The lowest BCUT2D eigenvalue weighted by Gasteiger charge is -2.30. The second kappa shape index (κ2) is 13.0. The smallest absolute Gasteiger partial charge is 0.274 e. The predicted molar refractivity (Wildman–Crippen MR) is 184 cm³/mol. The second-order valence-electron chi connectivity index (χ2n) is 13.9. The lowest BCUT2D eigenvalue weighted by Crippen LogP contribution is -2.58. The molecule has 2 aromatic carbocycles. The van der Waals surface area contributed by atoms with Crippen molar-refractivity contribution in [1.82, 2.24) is 19.9 Å². The molecule has 0 bridgehead atoms. The molecule has 14 heteroatoms. The molecule has 0 unspecified atom stereocenters. The Kier molecular flexibility index (Phi) is 8.89. The van der Waals surface area contributed by atoms with Crippen LogP contribution >= 0.6 is 11.3 Å². The van der Waals surface area contributed by atoms with Crippen LogP contribution in [0.15, 0.2) is 60.7 Å². The third-order valence-electron chi connectivity index (χ3n) is 10.2. The van der Waals surface area contributed by atoms with Gasteiger partial charge >= 0.3 is 0 Å². The summed E-state index contributed by atoms with van der Waals surface area (Å²) in [6.45, 7) is 1.69.